The summed E-state index contributed by atoms with van der Waals surface area (Å²) in [6.07, 6.45) is 1.74. The van der Waals surface area contributed by atoms with E-state index in [9.17, 15) is 9.59 Å². The highest BCUT2D eigenvalue weighted by atomic mass is 16.5. The van der Waals surface area contributed by atoms with Crippen molar-refractivity contribution in [2.24, 2.45) is 0 Å². The van der Waals surface area contributed by atoms with Gasteiger partial charge in [-0.15, -0.1) is 0 Å². The Morgan fingerprint density at radius 3 is 2.78 bits per heavy atom. The number of hydrogen-bond acceptors (Lipinski definition) is 4. The van der Waals surface area contributed by atoms with Crippen molar-refractivity contribution < 1.29 is 14.3 Å². The lowest BCUT2D eigenvalue weighted by atomic mass is 10.1. The average molecular weight is 365 g/mol. The van der Waals surface area contributed by atoms with E-state index in [2.05, 4.69) is 15.5 Å². The van der Waals surface area contributed by atoms with Gasteiger partial charge >= 0.3 is 0 Å². The molecule has 1 fully saturated rings. The third-order valence-corrected chi connectivity index (χ3v) is 5.24. The average Bonchev–Trinajstić information content (AvgIpc) is 3.11. The molecule has 2 aliphatic heterocycles. The molecule has 0 spiro atoms. The fourth-order valence-electron chi connectivity index (χ4n) is 3.85. The van der Waals surface area contributed by atoms with E-state index in [1.807, 2.05) is 48.5 Å². The number of rotatable bonds is 5. The van der Waals surface area contributed by atoms with Crippen molar-refractivity contribution in [3.05, 3.63) is 54.1 Å². The van der Waals surface area contributed by atoms with E-state index >= 15 is 0 Å². The summed E-state index contributed by atoms with van der Waals surface area (Å²) in [5, 5.41) is 6.05. The van der Waals surface area contributed by atoms with E-state index in [1.165, 1.54) is 0 Å². The number of fused-ring (bicyclic) bond motifs is 3. The number of anilines is 2. The van der Waals surface area contributed by atoms with Crippen LogP contribution in [0.2, 0.25) is 0 Å². The molecular formula is C21H23N3O3. The van der Waals surface area contributed by atoms with Crippen molar-refractivity contribution in [3.63, 3.8) is 0 Å². The molecule has 4 rings (SSSR count). The Kier molecular flexibility index (Phi) is 4.71. The van der Waals surface area contributed by atoms with Crippen LogP contribution in [0.5, 0.6) is 5.75 Å². The Labute approximate surface area is 158 Å². The SMILES string of the molecule is COc1ccc(CCC(=O)NC2CC3C(=O)Nc4ccccc4N3C2)cc1. The van der Waals surface area contributed by atoms with Crippen LogP contribution in [-0.2, 0) is 16.0 Å². The summed E-state index contributed by atoms with van der Waals surface area (Å²) in [5.41, 5.74) is 2.96. The van der Waals surface area contributed by atoms with Gasteiger partial charge in [0.2, 0.25) is 11.8 Å². The van der Waals surface area contributed by atoms with Crippen LogP contribution in [0.15, 0.2) is 48.5 Å². The largest absolute Gasteiger partial charge is 0.497 e. The second kappa shape index (κ2) is 7.31. The first-order valence-corrected chi connectivity index (χ1v) is 9.23. The second-order valence-corrected chi connectivity index (χ2v) is 7.02. The van der Waals surface area contributed by atoms with Gasteiger partial charge in [0.05, 0.1) is 18.5 Å². The highest BCUT2D eigenvalue weighted by molar-refractivity contribution is 6.04. The molecule has 1 saturated heterocycles. The molecule has 0 aromatic heterocycles. The Bertz CT molecular complexity index is 850. The van der Waals surface area contributed by atoms with Crippen molar-refractivity contribution >= 4 is 23.2 Å². The van der Waals surface area contributed by atoms with Crippen LogP contribution >= 0.6 is 0 Å². The molecule has 6 nitrogen and oxygen atoms in total. The lowest BCUT2D eigenvalue weighted by Gasteiger charge is -2.32. The summed E-state index contributed by atoms with van der Waals surface area (Å²) >= 11 is 0. The van der Waals surface area contributed by atoms with Crippen LogP contribution in [0.1, 0.15) is 18.4 Å². The maximum atomic E-state index is 12.4. The molecule has 2 aromatic rings. The summed E-state index contributed by atoms with van der Waals surface area (Å²) in [5.74, 6) is 0.831. The minimum absolute atomic E-state index is 0.00341. The molecule has 27 heavy (non-hydrogen) atoms. The first-order chi connectivity index (χ1) is 13.1. The Balaban J connectivity index is 1.34. The van der Waals surface area contributed by atoms with E-state index in [-0.39, 0.29) is 23.9 Å². The van der Waals surface area contributed by atoms with E-state index < -0.39 is 0 Å². The normalized spacial score (nSPS) is 20.5. The molecule has 0 bridgehead atoms. The third-order valence-electron chi connectivity index (χ3n) is 5.24. The van der Waals surface area contributed by atoms with E-state index in [0.717, 1.165) is 22.7 Å². The quantitative estimate of drug-likeness (QED) is 0.853. The van der Waals surface area contributed by atoms with Crippen molar-refractivity contribution in [1.29, 1.82) is 0 Å². The third kappa shape index (κ3) is 3.60. The number of ether oxygens (including phenoxy) is 1. The molecule has 2 aliphatic rings. The van der Waals surface area contributed by atoms with Gasteiger partial charge in [0, 0.05) is 19.0 Å². The summed E-state index contributed by atoms with van der Waals surface area (Å²) in [6.45, 7) is 0.656. The molecule has 0 aliphatic carbocycles. The number of para-hydroxylation sites is 2. The zero-order valence-electron chi connectivity index (χ0n) is 15.3. The minimum Gasteiger partial charge on any atom is -0.497 e. The summed E-state index contributed by atoms with van der Waals surface area (Å²) in [7, 11) is 1.64. The van der Waals surface area contributed by atoms with Gasteiger partial charge in [-0.25, -0.2) is 0 Å². The van der Waals surface area contributed by atoms with Crippen LogP contribution < -0.4 is 20.3 Å². The van der Waals surface area contributed by atoms with Crippen LogP contribution in [-0.4, -0.2) is 37.6 Å². The van der Waals surface area contributed by atoms with Crippen molar-refractivity contribution in [2.45, 2.75) is 31.3 Å². The van der Waals surface area contributed by atoms with E-state index in [1.54, 1.807) is 7.11 Å². The molecular weight excluding hydrogens is 342 g/mol. The number of carbonyl (C=O) groups excluding carboxylic acids is 2. The highest BCUT2D eigenvalue weighted by Gasteiger charge is 2.41. The van der Waals surface area contributed by atoms with Gasteiger partial charge in [-0.05, 0) is 42.7 Å². The molecule has 2 N–H and O–H groups in total. The number of nitrogens with one attached hydrogen (secondary N) is 2. The fraction of sp³-hybridized carbons (Fsp3) is 0.333. The van der Waals surface area contributed by atoms with Gasteiger partial charge in [0.25, 0.3) is 0 Å². The van der Waals surface area contributed by atoms with Gasteiger partial charge in [0.1, 0.15) is 11.8 Å². The van der Waals surface area contributed by atoms with Gasteiger partial charge < -0.3 is 20.3 Å². The Hall–Kier alpha value is -3.02. The smallest absolute Gasteiger partial charge is 0.247 e. The number of nitrogens with zero attached hydrogens (tertiary/aromatic N) is 1. The molecule has 2 unspecified atom stereocenters. The van der Waals surface area contributed by atoms with Crippen molar-refractivity contribution in [2.75, 3.05) is 23.9 Å². The van der Waals surface area contributed by atoms with Gasteiger partial charge in [-0.3, -0.25) is 9.59 Å². The molecule has 140 valence electrons. The number of aryl methyl sites for hydroxylation is 1. The topological polar surface area (TPSA) is 70.7 Å². The lowest BCUT2D eigenvalue weighted by molar-refractivity contribution is -0.122. The van der Waals surface area contributed by atoms with Crippen LogP contribution in [0.4, 0.5) is 11.4 Å². The van der Waals surface area contributed by atoms with Gasteiger partial charge in [-0.2, -0.15) is 0 Å². The van der Waals surface area contributed by atoms with Crippen molar-refractivity contribution in [3.8, 4) is 5.75 Å². The lowest BCUT2D eigenvalue weighted by Crippen LogP contribution is -2.44. The van der Waals surface area contributed by atoms with Gasteiger partial charge in [-0.1, -0.05) is 24.3 Å². The molecule has 6 heteroatoms. The van der Waals surface area contributed by atoms with E-state index in [4.69, 9.17) is 4.74 Å². The number of amides is 2. The predicted octanol–water partition coefficient (Wildman–Crippen LogP) is 2.34. The first-order valence-electron chi connectivity index (χ1n) is 9.23. The van der Waals surface area contributed by atoms with Crippen LogP contribution in [0, 0.1) is 0 Å². The number of methoxy groups -OCH3 is 1. The zero-order valence-corrected chi connectivity index (χ0v) is 15.3. The van der Waals surface area contributed by atoms with Gasteiger partial charge in [0.15, 0.2) is 0 Å². The van der Waals surface area contributed by atoms with Crippen LogP contribution in [0.25, 0.3) is 0 Å². The van der Waals surface area contributed by atoms with Crippen molar-refractivity contribution in [1.82, 2.24) is 5.32 Å². The standard InChI is InChI=1S/C21H23N3O3/c1-27-16-9-6-14(7-10-16)8-11-20(25)22-15-12-19-21(26)23-17-4-2-3-5-18(17)24(19)13-15/h2-7,9-10,15,19H,8,11-13H2,1H3,(H,22,25)(H,23,26). The molecule has 2 atom stereocenters. The summed E-state index contributed by atoms with van der Waals surface area (Å²) in [4.78, 5) is 26.8. The number of hydrogen-bond donors (Lipinski definition) is 2. The second-order valence-electron chi connectivity index (χ2n) is 7.02. The Morgan fingerprint density at radius 2 is 2.00 bits per heavy atom. The molecule has 2 amide bonds. The number of carbonyl (C=O) groups is 2. The maximum absolute atomic E-state index is 12.4. The summed E-state index contributed by atoms with van der Waals surface area (Å²) in [6, 6.07) is 15.3. The molecule has 2 aromatic carbocycles. The molecule has 0 saturated carbocycles. The summed E-state index contributed by atoms with van der Waals surface area (Å²) < 4.78 is 5.15. The molecule has 0 radical (unpaired) electrons. The first kappa shape index (κ1) is 17.4. The highest BCUT2D eigenvalue weighted by Crippen LogP contribution is 2.36. The monoisotopic (exact) mass is 365 g/mol. The van der Waals surface area contributed by atoms with E-state index in [0.29, 0.717) is 25.8 Å². The van der Waals surface area contributed by atoms with Crippen LogP contribution in [0.3, 0.4) is 0 Å². The number of benzene rings is 2. The Morgan fingerprint density at radius 1 is 1.22 bits per heavy atom. The maximum Gasteiger partial charge on any atom is 0.247 e. The zero-order chi connectivity index (χ0) is 18.8. The predicted molar refractivity (Wildman–Crippen MR) is 104 cm³/mol. The fourth-order valence-corrected chi connectivity index (χ4v) is 3.85. The molecule has 2 heterocycles. The minimum atomic E-state index is -0.216.